The van der Waals surface area contributed by atoms with Crippen molar-refractivity contribution >= 4 is 28.9 Å². The number of hydrogen-bond acceptors (Lipinski definition) is 4. The second kappa shape index (κ2) is 3.10. The number of amidine groups is 1. The largest absolute Gasteiger partial charge is 0.465 e. The first-order chi connectivity index (χ1) is 6.25. The van der Waals surface area contributed by atoms with Gasteiger partial charge in [0.2, 0.25) is 0 Å². The van der Waals surface area contributed by atoms with Crippen molar-refractivity contribution in [1.82, 2.24) is 0 Å². The van der Waals surface area contributed by atoms with Gasteiger partial charge in [-0.15, -0.1) is 0 Å². The Balaban J connectivity index is 2.29. The van der Waals surface area contributed by atoms with Gasteiger partial charge in [-0.1, -0.05) is 0 Å². The number of rotatable bonds is 1. The predicted octanol–water partition coefficient (Wildman–Crippen LogP) is -0.0749. The first kappa shape index (κ1) is 8.12. The molecule has 0 saturated carbocycles. The maximum atomic E-state index is 10.9. The van der Waals surface area contributed by atoms with Gasteiger partial charge >= 0.3 is 5.24 Å². The number of thioether (sulfide) groups is 1. The van der Waals surface area contributed by atoms with Gasteiger partial charge in [0.25, 0.3) is 5.84 Å². The number of carbonyl (C=O) groups excluding carboxylic acids is 1. The smallest absolute Gasteiger partial charge is 0.372 e. The van der Waals surface area contributed by atoms with Gasteiger partial charge in [0.1, 0.15) is 10.7 Å². The third kappa shape index (κ3) is 1.65. The number of furan rings is 1. The van der Waals surface area contributed by atoms with Gasteiger partial charge in [-0.2, -0.15) is 4.99 Å². The van der Waals surface area contributed by atoms with Crippen LogP contribution in [0.3, 0.4) is 0 Å². The zero-order valence-electron chi connectivity index (χ0n) is 6.61. The number of nitrogens with one attached hydrogen (secondary N) is 1. The van der Waals surface area contributed by atoms with Gasteiger partial charge in [-0.05, 0) is 12.1 Å². The fourth-order valence-electron chi connectivity index (χ4n) is 0.962. The molecule has 2 rings (SSSR count). The van der Waals surface area contributed by atoms with E-state index in [0.717, 1.165) is 11.8 Å². The summed E-state index contributed by atoms with van der Waals surface area (Å²) in [5.74, 6) is 1.06. The van der Waals surface area contributed by atoms with Crippen LogP contribution in [-0.2, 0) is 0 Å². The molecular weight excluding hydrogens is 188 g/mol. The lowest BCUT2D eigenvalue weighted by Crippen LogP contribution is -2.74. The molecule has 0 bridgehead atoms. The molecule has 1 aromatic heterocycles. The number of carbonyl (C=O) groups is 1. The third-order valence-electron chi connectivity index (χ3n) is 1.52. The van der Waals surface area contributed by atoms with E-state index in [0.29, 0.717) is 16.5 Å². The summed E-state index contributed by atoms with van der Waals surface area (Å²) in [6, 6.07) is 3.57. The van der Waals surface area contributed by atoms with Crippen LogP contribution in [0.2, 0.25) is 0 Å². The number of nitrogens with two attached hydrogens (primary N) is 1. The van der Waals surface area contributed by atoms with Gasteiger partial charge in [0, 0.05) is 17.8 Å². The topological polar surface area (TPSA) is 70.2 Å². The maximum absolute atomic E-state index is 10.9. The SMILES string of the molecule is NC1=[NH+]C(=O)S/C1=C\c1ccco1. The van der Waals surface area contributed by atoms with Crippen molar-refractivity contribution in [2.75, 3.05) is 0 Å². The molecule has 0 fully saturated rings. The highest BCUT2D eigenvalue weighted by atomic mass is 32.2. The molecule has 3 N–H and O–H groups in total. The van der Waals surface area contributed by atoms with E-state index < -0.39 is 0 Å². The van der Waals surface area contributed by atoms with Crippen molar-refractivity contribution in [1.29, 1.82) is 0 Å². The lowest BCUT2D eigenvalue weighted by atomic mass is 10.4. The third-order valence-corrected chi connectivity index (χ3v) is 2.37. The molecule has 1 aliphatic rings. The van der Waals surface area contributed by atoms with E-state index in [4.69, 9.17) is 10.2 Å². The minimum Gasteiger partial charge on any atom is -0.465 e. The highest BCUT2D eigenvalue weighted by Gasteiger charge is 2.24. The Morgan fingerprint density at radius 1 is 1.62 bits per heavy atom. The molecule has 0 aliphatic carbocycles. The van der Waals surface area contributed by atoms with Crippen molar-refractivity contribution in [3.8, 4) is 0 Å². The molecule has 13 heavy (non-hydrogen) atoms. The summed E-state index contributed by atoms with van der Waals surface area (Å²) in [7, 11) is 0. The second-order valence-corrected chi connectivity index (χ2v) is 3.47. The molecule has 5 heteroatoms. The molecular formula is C8H7N2O2S+. The van der Waals surface area contributed by atoms with Crippen LogP contribution in [0.5, 0.6) is 0 Å². The summed E-state index contributed by atoms with van der Waals surface area (Å²) in [5.41, 5.74) is 5.54. The van der Waals surface area contributed by atoms with E-state index in [9.17, 15) is 4.79 Å². The fraction of sp³-hybridized carbons (Fsp3) is 0. The Labute approximate surface area is 78.5 Å². The molecule has 0 spiro atoms. The Kier molecular flexibility index (Phi) is 1.94. The highest BCUT2D eigenvalue weighted by molar-refractivity contribution is 8.17. The Morgan fingerprint density at radius 2 is 2.46 bits per heavy atom. The van der Waals surface area contributed by atoms with E-state index in [1.807, 2.05) is 0 Å². The summed E-state index contributed by atoms with van der Waals surface area (Å²) < 4.78 is 5.08. The van der Waals surface area contributed by atoms with Crippen LogP contribution in [0.25, 0.3) is 6.08 Å². The molecule has 0 atom stereocenters. The minimum absolute atomic E-state index is 0.157. The summed E-state index contributed by atoms with van der Waals surface area (Å²) in [5, 5.41) is -0.157. The lowest BCUT2D eigenvalue weighted by Gasteiger charge is -1.87. The summed E-state index contributed by atoms with van der Waals surface area (Å²) in [6.45, 7) is 0. The van der Waals surface area contributed by atoms with Crippen LogP contribution in [0.1, 0.15) is 5.76 Å². The van der Waals surface area contributed by atoms with Gasteiger partial charge in [-0.25, -0.2) is 4.79 Å². The first-order valence-electron chi connectivity index (χ1n) is 3.62. The summed E-state index contributed by atoms with van der Waals surface area (Å²) in [4.78, 5) is 14.1. The minimum atomic E-state index is -0.157. The molecule has 2 heterocycles. The number of amides is 1. The van der Waals surface area contributed by atoms with Crippen LogP contribution >= 0.6 is 11.8 Å². The standard InChI is InChI=1S/C8H6N2O2S/c9-7-6(13-8(11)10-7)4-5-2-1-3-12-5/h1-4H,(H2,9,10,11)/p+1/b6-4-. The molecule has 0 aromatic carbocycles. The van der Waals surface area contributed by atoms with Gasteiger partial charge in [0.05, 0.1) is 6.26 Å². The Morgan fingerprint density at radius 3 is 3.00 bits per heavy atom. The molecule has 1 amide bonds. The normalized spacial score (nSPS) is 19.5. The monoisotopic (exact) mass is 195 g/mol. The van der Waals surface area contributed by atoms with Crippen LogP contribution in [0.4, 0.5) is 4.79 Å². The Hall–Kier alpha value is -1.49. The van der Waals surface area contributed by atoms with E-state index in [1.54, 1.807) is 24.5 Å². The summed E-state index contributed by atoms with van der Waals surface area (Å²) in [6.07, 6.45) is 3.29. The van der Waals surface area contributed by atoms with Crippen molar-refractivity contribution in [2.24, 2.45) is 5.73 Å². The quantitative estimate of drug-likeness (QED) is 0.658. The molecule has 0 radical (unpaired) electrons. The van der Waals surface area contributed by atoms with E-state index in [-0.39, 0.29) is 5.24 Å². The Bertz CT molecular complexity index is 392. The van der Waals surface area contributed by atoms with Gasteiger partial charge in [-0.3, -0.25) is 5.73 Å². The molecule has 0 saturated heterocycles. The molecule has 66 valence electrons. The van der Waals surface area contributed by atoms with E-state index >= 15 is 0 Å². The second-order valence-electron chi connectivity index (χ2n) is 2.45. The van der Waals surface area contributed by atoms with Gasteiger partial charge in [0.15, 0.2) is 0 Å². The maximum Gasteiger partial charge on any atom is 0.372 e. The van der Waals surface area contributed by atoms with E-state index in [1.165, 1.54) is 0 Å². The van der Waals surface area contributed by atoms with Crippen LogP contribution in [-0.4, -0.2) is 11.1 Å². The molecule has 0 unspecified atom stereocenters. The van der Waals surface area contributed by atoms with Gasteiger partial charge < -0.3 is 4.42 Å². The molecule has 4 nitrogen and oxygen atoms in total. The van der Waals surface area contributed by atoms with E-state index in [2.05, 4.69) is 4.99 Å². The average molecular weight is 195 g/mol. The van der Waals surface area contributed by atoms with Crippen molar-refractivity contribution in [3.05, 3.63) is 29.1 Å². The molecule has 1 aliphatic heterocycles. The van der Waals surface area contributed by atoms with Crippen LogP contribution < -0.4 is 10.7 Å². The van der Waals surface area contributed by atoms with Crippen molar-refractivity contribution in [2.45, 2.75) is 0 Å². The first-order valence-corrected chi connectivity index (χ1v) is 4.44. The lowest BCUT2D eigenvalue weighted by molar-refractivity contribution is -0.326. The van der Waals surface area contributed by atoms with Crippen molar-refractivity contribution in [3.63, 3.8) is 0 Å². The molecule has 1 aromatic rings. The zero-order valence-corrected chi connectivity index (χ0v) is 7.43. The summed E-state index contributed by atoms with van der Waals surface area (Å²) >= 11 is 1.06. The van der Waals surface area contributed by atoms with Crippen LogP contribution in [0, 0.1) is 0 Å². The van der Waals surface area contributed by atoms with Crippen LogP contribution in [0.15, 0.2) is 27.7 Å². The number of hydrogen-bond donors (Lipinski definition) is 2. The predicted molar refractivity (Wildman–Crippen MR) is 49.8 cm³/mol. The fourth-order valence-corrected chi connectivity index (χ4v) is 1.66. The zero-order chi connectivity index (χ0) is 9.26. The average Bonchev–Trinajstić information content (AvgIpc) is 2.63. The van der Waals surface area contributed by atoms with Crippen molar-refractivity contribution < 1.29 is 14.2 Å². The highest BCUT2D eigenvalue weighted by Crippen LogP contribution is 2.20.